The molecule has 0 saturated carbocycles. The lowest BCUT2D eigenvalue weighted by atomic mass is 9.91. The van der Waals surface area contributed by atoms with Gasteiger partial charge in [0.25, 0.3) is 5.91 Å². The molecular weight excluding hydrogens is 514 g/mol. The first-order valence-electron chi connectivity index (χ1n) is 12.4. The summed E-state index contributed by atoms with van der Waals surface area (Å²) < 4.78 is 25.9. The summed E-state index contributed by atoms with van der Waals surface area (Å²) in [5.74, 6) is -0.420. The van der Waals surface area contributed by atoms with Crippen molar-refractivity contribution in [2.45, 2.75) is 63.3 Å². The van der Waals surface area contributed by atoms with Gasteiger partial charge >= 0.3 is 0 Å². The second-order valence-electron chi connectivity index (χ2n) is 10.2. The Kier molecular flexibility index (Phi) is 6.71. The summed E-state index contributed by atoms with van der Waals surface area (Å²) in [4.78, 5) is 37.9. The van der Waals surface area contributed by atoms with E-state index in [0.29, 0.717) is 25.2 Å². The van der Waals surface area contributed by atoms with Crippen LogP contribution in [0.5, 0.6) is 0 Å². The first kappa shape index (κ1) is 26.0. The second-order valence-corrected chi connectivity index (χ2v) is 13.0. The van der Waals surface area contributed by atoms with Gasteiger partial charge in [0.15, 0.2) is 0 Å². The number of aromatic nitrogens is 1. The van der Waals surface area contributed by atoms with Crippen LogP contribution in [0.4, 0.5) is 0 Å². The standard InChI is InChI=1S/C25H31N5O5S2/c1-15-21(36-14-26-15)16-7-9-17(10-8-16)25(2)24(33)27-22(28-25)20-12-18(31)13-29(20)23(32)19-6-4-5-11-30(19)37(3,34)35/h7-10,14,18-20,31H,4-6,11-13H2,1-3H3,(H,27,28,33). The fourth-order valence-electron chi connectivity index (χ4n) is 5.50. The molecule has 12 heteroatoms. The number of aliphatic imine (C=N–C) groups is 1. The zero-order valence-corrected chi connectivity index (χ0v) is 22.7. The Labute approximate surface area is 220 Å². The lowest BCUT2D eigenvalue weighted by Crippen LogP contribution is -2.56. The van der Waals surface area contributed by atoms with Crippen molar-refractivity contribution in [2.24, 2.45) is 4.99 Å². The van der Waals surface area contributed by atoms with Gasteiger partial charge in [-0.1, -0.05) is 30.7 Å². The zero-order chi connectivity index (χ0) is 26.5. The Morgan fingerprint density at radius 2 is 1.97 bits per heavy atom. The Bertz CT molecular complexity index is 1360. The number of piperidine rings is 1. The molecule has 3 aliphatic heterocycles. The average Bonchev–Trinajstić information content (AvgIpc) is 3.55. The number of rotatable bonds is 5. The average molecular weight is 546 g/mol. The minimum Gasteiger partial charge on any atom is -0.391 e. The maximum atomic E-state index is 13.6. The first-order valence-corrected chi connectivity index (χ1v) is 15.1. The largest absolute Gasteiger partial charge is 0.391 e. The molecule has 1 aromatic heterocycles. The smallest absolute Gasteiger partial charge is 0.277 e. The predicted molar refractivity (Wildman–Crippen MR) is 141 cm³/mol. The summed E-state index contributed by atoms with van der Waals surface area (Å²) in [6.07, 6.45) is 2.41. The van der Waals surface area contributed by atoms with Gasteiger partial charge in [-0.2, -0.15) is 9.30 Å². The number of thiazole rings is 1. The van der Waals surface area contributed by atoms with Crippen molar-refractivity contribution in [3.8, 4) is 10.4 Å². The highest BCUT2D eigenvalue weighted by Crippen LogP contribution is 2.34. The van der Waals surface area contributed by atoms with E-state index in [9.17, 15) is 23.1 Å². The molecule has 37 heavy (non-hydrogen) atoms. The van der Waals surface area contributed by atoms with E-state index >= 15 is 0 Å². The Balaban J connectivity index is 1.38. The highest BCUT2D eigenvalue weighted by Gasteiger charge is 2.49. The number of hydrogen-bond acceptors (Lipinski definition) is 8. The molecule has 2 amide bonds. The molecule has 0 bridgehead atoms. The molecule has 10 nitrogen and oxygen atoms in total. The molecule has 198 valence electrons. The SMILES string of the molecule is Cc1ncsc1-c1ccc(C2(C)NC(C3CC(O)CN3C(=O)C3CCCCN3S(C)(=O)=O)=NC2=O)cc1. The lowest BCUT2D eigenvalue weighted by Gasteiger charge is -2.37. The molecule has 2 saturated heterocycles. The van der Waals surface area contributed by atoms with Crippen LogP contribution in [0.25, 0.3) is 10.4 Å². The van der Waals surface area contributed by atoms with Gasteiger partial charge in [-0.05, 0) is 37.8 Å². The van der Waals surface area contributed by atoms with E-state index in [2.05, 4.69) is 15.3 Å². The highest BCUT2D eigenvalue weighted by atomic mass is 32.2. The van der Waals surface area contributed by atoms with Crippen LogP contribution in [-0.4, -0.2) is 82.9 Å². The van der Waals surface area contributed by atoms with Crippen molar-refractivity contribution < 1.29 is 23.1 Å². The van der Waals surface area contributed by atoms with Crippen molar-refractivity contribution in [2.75, 3.05) is 19.3 Å². The first-order chi connectivity index (χ1) is 17.5. The van der Waals surface area contributed by atoms with Gasteiger partial charge < -0.3 is 15.3 Å². The summed E-state index contributed by atoms with van der Waals surface area (Å²) in [5, 5.41) is 13.7. The molecule has 2 N–H and O–H groups in total. The topological polar surface area (TPSA) is 132 Å². The number of amidine groups is 1. The molecule has 4 atom stereocenters. The second kappa shape index (κ2) is 9.57. The lowest BCUT2D eigenvalue weighted by molar-refractivity contribution is -0.136. The van der Waals surface area contributed by atoms with E-state index in [-0.39, 0.29) is 24.8 Å². The summed E-state index contributed by atoms with van der Waals surface area (Å²) >= 11 is 1.56. The number of sulfonamides is 1. The van der Waals surface area contributed by atoms with Crippen LogP contribution < -0.4 is 5.32 Å². The number of β-amino-alcohol motifs (C(OH)–C–C–N with tert-alkyl or cyclic N) is 1. The summed E-state index contributed by atoms with van der Waals surface area (Å²) in [5.41, 5.74) is 3.36. The van der Waals surface area contributed by atoms with Crippen molar-refractivity contribution >= 4 is 39.0 Å². The summed E-state index contributed by atoms with van der Waals surface area (Å²) in [6, 6.07) is 6.21. The van der Waals surface area contributed by atoms with Gasteiger partial charge in [0, 0.05) is 19.5 Å². The van der Waals surface area contributed by atoms with Crippen molar-refractivity contribution in [1.29, 1.82) is 0 Å². The third kappa shape index (κ3) is 4.71. The molecule has 3 aliphatic rings. The quantitative estimate of drug-likeness (QED) is 0.584. The highest BCUT2D eigenvalue weighted by molar-refractivity contribution is 7.88. The van der Waals surface area contributed by atoms with Gasteiger partial charge in [0.2, 0.25) is 15.9 Å². The number of hydrogen-bond donors (Lipinski definition) is 2. The summed E-state index contributed by atoms with van der Waals surface area (Å²) in [6.45, 7) is 4.06. The minimum atomic E-state index is -3.57. The number of likely N-dealkylation sites (tertiary alicyclic amines) is 1. The normalized spacial score (nSPS) is 28.9. The van der Waals surface area contributed by atoms with Crippen molar-refractivity contribution in [3.05, 3.63) is 41.0 Å². The van der Waals surface area contributed by atoms with Gasteiger partial charge in [0.05, 0.1) is 34.5 Å². The maximum absolute atomic E-state index is 13.6. The van der Waals surface area contributed by atoms with E-state index in [0.717, 1.165) is 34.4 Å². The number of benzene rings is 1. The fourth-order valence-corrected chi connectivity index (χ4v) is 7.43. The third-order valence-corrected chi connectivity index (χ3v) is 9.81. The van der Waals surface area contributed by atoms with Crippen molar-refractivity contribution in [1.82, 2.24) is 19.5 Å². The van der Waals surface area contributed by atoms with E-state index in [1.54, 1.807) is 23.8 Å². The van der Waals surface area contributed by atoms with Gasteiger partial charge in [-0.3, -0.25) is 9.59 Å². The number of carbonyl (C=O) groups is 2. The Morgan fingerprint density at radius 3 is 2.62 bits per heavy atom. The molecule has 0 aliphatic carbocycles. The number of aryl methyl sites for hydroxylation is 1. The van der Waals surface area contributed by atoms with E-state index < -0.39 is 33.7 Å². The molecule has 4 unspecified atom stereocenters. The van der Waals surface area contributed by atoms with Crippen LogP contribution in [0.15, 0.2) is 34.8 Å². The molecule has 0 radical (unpaired) electrons. The van der Waals surface area contributed by atoms with Crippen LogP contribution in [-0.2, 0) is 25.2 Å². The number of amides is 2. The molecule has 5 rings (SSSR count). The molecule has 4 heterocycles. The van der Waals surface area contributed by atoms with Crippen LogP contribution in [0.1, 0.15) is 43.9 Å². The molecule has 2 aromatic rings. The van der Waals surface area contributed by atoms with Gasteiger partial charge in [0.1, 0.15) is 17.4 Å². The number of carbonyl (C=O) groups excluding carboxylic acids is 2. The van der Waals surface area contributed by atoms with Crippen LogP contribution in [0.2, 0.25) is 0 Å². The van der Waals surface area contributed by atoms with Gasteiger partial charge in [-0.15, -0.1) is 11.3 Å². The maximum Gasteiger partial charge on any atom is 0.277 e. The van der Waals surface area contributed by atoms with Crippen LogP contribution in [0.3, 0.4) is 0 Å². The Morgan fingerprint density at radius 1 is 1.24 bits per heavy atom. The molecule has 0 spiro atoms. The van der Waals surface area contributed by atoms with E-state index in [1.165, 1.54) is 9.21 Å². The van der Waals surface area contributed by atoms with E-state index in [1.807, 2.05) is 31.2 Å². The number of nitrogens with one attached hydrogen (secondary N) is 1. The van der Waals surface area contributed by atoms with Crippen LogP contribution in [0, 0.1) is 6.92 Å². The zero-order valence-electron chi connectivity index (χ0n) is 21.0. The predicted octanol–water partition coefficient (Wildman–Crippen LogP) is 1.64. The minimum absolute atomic E-state index is 0.0616. The van der Waals surface area contributed by atoms with Crippen LogP contribution >= 0.6 is 11.3 Å². The molecule has 1 aromatic carbocycles. The van der Waals surface area contributed by atoms with Gasteiger partial charge in [-0.25, -0.2) is 13.4 Å². The molecular formula is C25H31N5O5S2. The molecule has 2 fully saturated rings. The number of aliphatic hydroxyl groups is 1. The van der Waals surface area contributed by atoms with Crippen molar-refractivity contribution in [3.63, 3.8) is 0 Å². The third-order valence-electron chi connectivity index (χ3n) is 7.54. The summed E-state index contributed by atoms with van der Waals surface area (Å²) in [7, 11) is -3.57. The monoisotopic (exact) mass is 545 g/mol. The fraction of sp³-hybridized carbons (Fsp3) is 0.520. The van der Waals surface area contributed by atoms with E-state index in [4.69, 9.17) is 0 Å². The number of nitrogens with zero attached hydrogens (tertiary/aromatic N) is 4. The number of aliphatic hydroxyl groups excluding tert-OH is 1. The Hall–Kier alpha value is -2.67.